The number of carbonyl (C=O) groups is 2. The van der Waals surface area contributed by atoms with Gasteiger partial charge in [0.2, 0.25) is 0 Å². The summed E-state index contributed by atoms with van der Waals surface area (Å²) < 4.78 is 10.0. The predicted molar refractivity (Wildman–Crippen MR) is 90.9 cm³/mol. The van der Waals surface area contributed by atoms with E-state index in [0.717, 1.165) is 5.56 Å². The van der Waals surface area contributed by atoms with Crippen molar-refractivity contribution in [1.29, 1.82) is 0 Å². The summed E-state index contributed by atoms with van der Waals surface area (Å²) in [7, 11) is 1.31. The lowest BCUT2D eigenvalue weighted by molar-refractivity contribution is 0.0600. The van der Waals surface area contributed by atoms with Crippen LogP contribution in [-0.2, 0) is 11.3 Å². The molecule has 0 saturated carbocycles. The zero-order chi connectivity index (χ0) is 17.6. The average molecular weight is 336 g/mol. The van der Waals surface area contributed by atoms with E-state index in [1.807, 2.05) is 12.1 Å². The normalized spacial score (nSPS) is 10.3. The largest absolute Gasteiger partial charge is 0.465 e. The Morgan fingerprint density at radius 1 is 1.08 bits per heavy atom. The Morgan fingerprint density at radius 3 is 2.52 bits per heavy atom. The number of esters is 1. The first-order valence-electron chi connectivity index (χ1n) is 7.63. The highest BCUT2D eigenvalue weighted by Gasteiger charge is 2.12. The summed E-state index contributed by atoms with van der Waals surface area (Å²) in [6, 6.07) is 13.6. The second kappa shape index (κ2) is 7.44. The Labute approximate surface area is 144 Å². The van der Waals surface area contributed by atoms with E-state index in [4.69, 9.17) is 4.42 Å². The number of hydrogen-bond donors (Lipinski definition) is 1. The third-order valence-corrected chi connectivity index (χ3v) is 3.65. The molecule has 25 heavy (non-hydrogen) atoms. The van der Waals surface area contributed by atoms with Crippen LogP contribution in [0.15, 0.2) is 65.4 Å². The molecule has 0 aliphatic carbocycles. The highest BCUT2D eigenvalue weighted by Crippen LogP contribution is 2.21. The maximum absolute atomic E-state index is 12.3. The molecule has 3 aromatic rings. The molecule has 0 radical (unpaired) electrons. The molecule has 0 saturated heterocycles. The second-order valence-corrected chi connectivity index (χ2v) is 5.24. The molecule has 0 aliphatic heterocycles. The molecule has 0 unspecified atom stereocenters. The molecule has 2 heterocycles. The van der Waals surface area contributed by atoms with Gasteiger partial charge in [0.25, 0.3) is 5.91 Å². The summed E-state index contributed by atoms with van der Waals surface area (Å²) in [5, 5.41) is 2.84. The van der Waals surface area contributed by atoms with Gasteiger partial charge in [0.15, 0.2) is 5.76 Å². The standard InChI is InChI=1S/C19H16N2O4/c1-24-19(23)14-8-6-13(7-9-14)18(22)21-12-15-4-2-10-20-17(15)16-5-3-11-25-16/h2-11H,12H2,1H3,(H,21,22). The smallest absolute Gasteiger partial charge is 0.337 e. The molecule has 3 rings (SSSR count). The maximum atomic E-state index is 12.3. The molecule has 0 spiro atoms. The minimum Gasteiger partial charge on any atom is -0.465 e. The van der Waals surface area contributed by atoms with Gasteiger partial charge in [-0.3, -0.25) is 9.78 Å². The minimum absolute atomic E-state index is 0.245. The highest BCUT2D eigenvalue weighted by atomic mass is 16.5. The number of hydrogen-bond acceptors (Lipinski definition) is 5. The number of nitrogens with one attached hydrogen (secondary N) is 1. The topological polar surface area (TPSA) is 81.4 Å². The number of amides is 1. The molecular formula is C19H16N2O4. The van der Waals surface area contributed by atoms with Crippen LogP contribution in [0.2, 0.25) is 0 Å². The van der Waals surface area contributed by atoms with E-state index in [9.17, 15) is 9.59 Å². The van der Waals surface area contributed by atoms with Crippen LogP contribution in [0.5, 0.6) is 0 Å². The third-order valence-electron chi connectivity index (χ3n) is 3.65. The molecule has 6 heteroatoms. The van der Waals surface area contributed by atoms with Crippen molar-refractivity contribution in [3.8, 4) is 11.5 Å². The van der Waals surface area contributed by atoms with Crippen molar-refractivity contribution in [2.75, 3.05) is 7.11 Å². The molecule has 0 atom stereocenters. The van der Waals surface area contributed by atoms with E-state index in [0.29, 0.717) is 29.1 Å². The van der Waals surface area contributed by atoms with E-state index in [-0.39, 0.29) is 5.91 Å². The Kier molecular flexibility index (Phi) is 4.89. The summed E-state index contributed by atoms with van der Waals surface area (Å²) in [6.45, 7) is 0.307. The van der Waals surface area contributed by atoms with E-state index in [1.165, 1.54) is 7.11 Å². The molecule has 1 amide bonds. The number of methoxy groups -OCH3 is 1. The van der Waals surface area contributed by atoms with Crippen molar-refractivity contribution >= 4 is 11.9 Å². The van der Waals surface area contributed by atoms with E-state index >= 15 is 0 Å². The summed E-state index contributed by atoms with van der Waals surface area (Å²) >= 11 is 0. The van der Waals surface area contributed by atoms with Crippen molar-refractivity contribution < 1.29 is 18.7 Å². The number of furan rings is 1. The Morgan fingerprint density at radius 2 is 1.84 bits per heavy atom. The molecule has 0 aliphatic rings. The highest BCUT2D eigenvalue weighted by molar-refractivity contribution is 5.96. The van der Waals surface area contributed by atoms with Gasteiger partial charge in [0, 0.05) is 23.9 Å². The molecule has 0 fully saturated rings. The van der Waals surface area contributed by atoms with E-state index < -0.39 is 5.97 Å². The van der Waals surface area contributed by atoms with Crippen molar-refractivity contribution in [2.24, 2.45) is 0 Å². The van der Waals surface area contributed by atoms with Gasteiger partial charge in [-0.2, -0.15) is 0 Å². The van der Waals surface area contributed by atoms with Crippen LogP contribution in [0.3, 0.4) is 0 Å². The maximum Gasteiger partial charge on any atom is 0.337 e. The predicted octanol–water partition coefficient (Wildman–Crippen LogP) is 3.06. The molecule has 0 bridgehead atoms. The first-order valence-corrected chi connectivity index (χ1v) is 7.63. The van der Waals surface area contributed by atoms with Crippen molar-refractivity contribution in [3.63, 3.8) is 0 Å². The van der Waals surface area contributed by atoms with Crippen molar-refractivity contribution in [3.05, 3.63) is 77.7 Å². The molecule has 126 valence electrons. The van der Waals surface area contributed by atoms with E-state index in [1.54, 1.807) is 48.9 Å². The third kappa shape index (κ3) is 3.74. The van der Waals surface area contributed by atoms with Gasteiger partial charge >= 0.3 is 5.97 Å². The minimum atomic E-state index is -0.439. The molecular weight excluding hydrogens is 320 g/mol. The monoisotopic (exact) mass is 336 g/mol. The fourth-order valence-electron chi connectivity index (χ4n) is 2.37. The van der Waals surface area contributed by atoms with Crippen LogP contribution in [0, 0.1) is 0 Å². The van der Waals surface area contributed by atoms with Gasteiger partial charge in [0.1, 0.15) is 5.69 Å². The average Bonchev–Trinajstić information content (AvgIpc) is 3.20. The zero-order valence-corrected chi connectivity index (χ0v) is 13.6. The van der Waals surface area contributed by atoms with Crippen LogP contribution >= 0.6 is 0 Å². The summed E-state index contributed by atoms with van der Waals surface area (Å²) in [4.78, 5) is 28.0. The quantitative estimate of drug-likeness (QED) is 0.724. The molecule has 2 aromatic heterocycles. The first kappa shape index (κ1) is 16.4. The number of pyridine rings is 1. The first-order chi connectivity index (χ1) is 12.2. The fourth-order valence-corrected chi connectivity index (χ4v) is 2.37. The Bertz CT molecular complexity index is 871. The van der Waals surface area contributed by atoms with Crippen molar-refractivity contribution in [2.45, 2.75) is 6.54 Å². The zero-order valence-electron chi connectivity index (χ0n) is 13.6. The molecule has 6 nitrogen and oxygen atoms in total. The van der Waals surface area contributed by atoms with Gasteiger partial charge in [-0.25, -0.2) is 4.79 Å². The Balaban J connectivity index is 1.70. The van der Waals surface area contributed by atoms with Crippen LogP contribution in [0.4, 0.5) is 0 Å². The van der Waals surface area contributed by atoms with Gasteiger partial charge in [-0.1, -0.05) is 6.07 Å². The van der Waals surface area contributed by atoms with Gasteiger partial charge in [0.05, 0.1) is 18.9 Å². The lowest BCUT2D eigenvalue weighted by atomic mass is 10.1. The summed E-state index contributed by atoms with van der Waals surface area (Å²) in [6.07, 6.45) is 3.25. The Hall–Kier alpha value is -3.41. The van der Waals surface area contributed by atoms with E-state index in [2.05, 4.69) is 15.0 Å². The summed E-state index contributed by atoms with van der Waals surface area (Å²) in [5.74, 6) is -0.0386. The SMILES string of the molecule is COC(=O)c1ccc(C(=O)NCc2cccnc2-c2ccco2)cc1. The number of benzene rings is 1. The second-order valence-electron chi connectivity index (χ2n) is 5.24. The van der Waals surface area contributed by atoms with Gasteiger partial charge in [-0.15, -0.1) is 0 Å². The lowest BCUT2D eigenvalue weighted by Gasteiger charge is -2.09. The number of carbonyl (C=O) groups excluding carboxylic acids is 2. The molecule has 1 N–H and O–H groups in total. The van der Waals surface area contributed by atoms with Gasteiger partial charge in [-0.05, 0) is 42.5 Å². The van der Waals surface area contributed by atoms with Crippen molar-refractivity contribution in [1.82, 2.24) is 10.3 Å². The number of ether oxygens (including phenoxy) is 1. The van der Waals surface area contributed by atoms with Crippen LogP contribution in [0.25, 0.3) is 11.5 Å². The molecule has 1 aromatic carbocycles. The van der Waals surface area contributed by atoms with Crippen LogP contribution in [-0.4, -0.2) is 24.0 Å². The lowest BCUT2D eigenvalue weighted by Crippen LogP contribution is -2.23. The van der Waals surface area contributed by atoms with Crippen LogP contribution in [0.1, 0.15) is 26.3 Å². The van der Waals surface area contributed by atoms with Crippen LogP contribution < -0.4 is 5.32 Å². The number of nitrogens with zero attached hydrogens (tertiary/aromatic N) is 1. The summed E-state index contributed by atoms with van der Waals surface area (Å²) in [5.41, 5.74) is 2.38. The fraction of sp³-hybridized carbons (Fsp3) is 0.105. The number of aromatic nitrogens is 1. The van der Waals surface area contributed by atoms with Gasteiger partial charge < -0.3 is 14.5 Å². The number of rotatable bonds is 5.